The molecule has 0 bridgehead atoms. The Morgan fingerprint density at radius 3 is 2.63 bits per heavy atom. The lowest BCUT2D eigenvalue weighted by Crippen LogP contribution is -2.24. The van der Waals surface area contributed by atoms with Gasteiger partial charge >= 0.3 is 0 Å². The zero-order valence-electron chi connectivity index (χ0n) is 11.0. The van der Waals surface area contributed by atoms with E-state index in [1.165, 1.54) is 11.1 Å². The van der Waals surface area contributed by atoms with Gasteiger partial charge in [-0.05, 0) is 48.7 Å². The molecule has 1 atom stereocenters. The third kappa shape index (κ3) is 2.41. The van der Waals surface area contributed by atoms with Crippen molar-refractivity contribution in [2.45, 2.75) is 20.0 Å². The van der Waals surface area contributed by atoms with E-state index in [2.05, 4.69) is 31.3 Å². The lowest BCUT2D eigenvalue weighted by Gasteiger charge is -2.29. The summed E-state index contributed by atoms with van der Waals surface area (Å²) in [6, 6.07) is 12.1. The molecule has 2 aromatic carbocycles. The standard InChI is InChI=1S/C16H16ClNO/c1-10-7-11(2)16-14(8-10)19-15(9-18-16)12-3-5-13(17)6-4-12/h3-8,15,18H,9H2,1-2H3. The van der Waals surface area contributed by atoms with Gasteiger partial charge in [-0.25, -0.2) is 0 Å². The molecule has 1 heterocycles. The minimum absolute atomic E-state index is 0.0333. The van der Waals surface area contributed by atoms with Crippen LogP contribution in [0.4, 0.5) is 5.69 Å². The Bertz CT molecular complexity index is 607. The van der Waals surface area contributed by atoms with Gasteiger partial charge in [0.05, 0.1) is 12.2 Å². The fraction of sp³-hybridized carbons (Fsp3) is 0.250. The summed E-state index contributed by atoms with van der Waals surface area (Å²) in [6.45, 7) is 4.96. The molecular formula is C16H16ClNO. The fourth-order valence-electron chi connectivity index (χ4n) is 2.50. The molecule has 1 N–H and O–H groups in total. The van der Waals surface area contributed by atoms with E-state index in [-0.39, 0.29) is 6.10 Å². The number of fused-ring (bicyclic) bond motifs is 1. The molecule has 0 saturated carbocycles. The highest BCUT2D eigenvalue weighted by Gasteiger charge is 2.22. The number of benzene rings is 2. The van der Waals surface area contributed by atoms with Crippen molar-refractivity contribution < 1.29 is 4.74 Å². The highest BCUT2D eigenvalue weighted by molar-refractivity contribution is 6.30. The molecule has 1 aliphatic rings. The number of rotatable bonds is 1. The molecule has 1 aliphatic heterocycles. The first-order valence-corrected chi connectivity index (χ1v) is 6.78. The molecule has 0 aromatic heterocycles. The van der Waals surface area contributed by atoms with Gasteiger partial charge in [0.1, 0.15) is 11.9 Å². The van der Waals surface area contributed by atoms with Gasteiger partial charge in [0, 0.05) is 5.02 Å². The first-order valence-electron chi connectivity index (χ1n) is 6.41. The monoisotopic (exact) mass is 273 g/mol. The van der Waals surface area contributed by atoms with Crippen molar-refractivity contribution >= 4 is 17.3 Å². The van der Waals surface area contributed by atoms with Crippen molar-refractivity contribution in [3.8, 4) is 5.75 Å². The van der Waals surface area contributed by atoms with Gasteiger partial charge in [0.25, 0.3) is 0 Å². The second-order valence-corrected chi connectivity index (χ2v) is 5.43. The average Bonchev–Trinajstić information content (AvgIpc) is 2.38. The third-order valence-corrected chi connectivity index (χ3v) is 3.67. The summed E-state index contributed by atoms with van der Waals surface area (Å²) in [5.41, 5.74) is 4.69. The summed E-state index contributed by atoms with van der Waals surface area (Å²) >= 11 is 5.92. The van der Waals surface area contributed by atoms with Crippen LogP contribution in [0.5, 0.6) is 5.75 Å². The topological polar surface area (TPSA) is 21.3 Å². The van der Waals surface area contributed by atoms with Crippen LogP contribution in [0, 0.1) is 13.8 Å². The summed E-state index contributed by atoms with van der Waals surface area (Å²) in [6.07, 6.45) is 0.0333. The van der Waals surface area contributed by atoms with Gasteiger partial charge in [-0.1, -0.05) is 29.8 Å². The maximum Gasteiger partial charge on any atom is 0.143 e. The smallest absolute Gasteiger partial charge is 0.143 e. The average molecular weight is 274 g/mol. The fourth-order valence-corrected chi connectivity index (χ4v) is 2.63. The molecule has 98 valence electrons. The Kier molecular flexibility index (Phi) is 3.11. The van der Waals surface area contributed by atoms with Gasteiger partial charge in [-0.2, -0.15) is 0 Å². The van der Waals surface area contributed by atoms with E-state index in [0.717, 1.165) is 28.6 Å². The van der Waals surface area contributed by atoms with Gasteiger partial charge in [-0.3, -0.25) is 0 Å². The molecule has 0 aliphatic carbocycles. The van der Waals surface area contributed by atoms with Crippen molar-refractivity contribution in [2.24, 2.45) is 0 Å². The van der Waals surface area contributed by atoms with Gasteiger partial charge < -0.3 is 10.1 Å². The second kappa shape index (κ2) is 4.78. The van der Waals surface area contributed by atoms with Crippen LogP contribution in [0.2, 0.25) is 5.02 Å². The van der Waals surface area contributed by atoms with Crippen LogP contribution in [0.25, 0.3) is 0 Å². The maximum absolute atomic E-state index is 6.11. The zero-order chi connectivity index (χ0) is 13.4. The maximum atomic E-state index is 6.11. The van der Waals surface area contributed by atoms with Crippen molar-refractivity contribution in [3.05, 3.63) is 58.1 Å². The molecule has 0 spiro atoms. The summed E-state index contributed by atoms with van der Waals surface area (Å²) in [5.74, 6) is 0.934. The lowest BCUT2D eigenvalue weighted by molar-refractivity contribution is 0.210. The van der Waals surface area contributed by atoms with Crippen LogP contribution in [-0.2, 0) is 0 Å². The zero-order valence-corrected chi connectivity index (χ0v) is 11.8. The summed E-state index contributed by atoms with van der Waals surface area (Å²) < 4.78 is 6.11. The number of halogens is 1. The number of nitrogens with one attached hydrogen (secondary N) is 1. The molecule has 0 amide bonds. The van der Waals surface area contributed by atoms with Crippen LogP contribution in [0.3, 0.4) is 0 Å². The Labute approximate surface area is 118 Å². The van der Waals surface area contributed by atoms with Gasteiger partial charge in [-0.15, -0.1) is 0 Å². The summed E-state index contributed by atoms with van der Waals surface area (Å²) in [5, 5.41) is 4.21. The summed E-state index contributed by atoms with van der Waals surface area (Å²) in [4.78, 5) is 0. The third-order valence-electron chi connectivity index (χ3n) is 3.42. The highest BCUT2D eigenvalue weighted by atomic mass is 35.5. The Balaban J connectivity index is 1.91. The molecule has 2 nitrogen and oxygen atoms in total. The van der Waals surface area contributed by atoms with Gasteiger partial charge in [0.2, 0.25) is 0 Å². The molecule has 3 heteroatoms. The van der Waals surface area contributed by atoms with Crippen LogP contribution in [0.15, 0.2) is 36.4 Å². The van der Waals surface area contributed by atoms with E-state index in [9.17, 15) is 0 Å². The van der Waals surface area contributed by atoms with Crippen molar-refractivity contribution in [1.82, 2.24) is 0 Å². The van der Waals surface area contributed by atoms with E-state index < -0.39 is 0 Å². The van der Waals surface area contributed by atoms with Crippen LogP contribution in [-0.4, -0.2) is 6.54 Å². The van der Waals surface area contributed by atoms with Crippen LogP contribution < -0.4 is 10.1 Å². The van der Waals surface area contributed by atoms with E-state index in [1.54, 1.807) is 0 Å². The molecule has 19 heavy (non-hydrogen) atoms. The van der Waals surface area contributed by atoms with Crippen LogP contribution >= 0.6 is 11.6 Å². The predicted molar refractivity (Wildman–Crippen MR) is 79.2 cm³/mol. The molecule has 0 radical (unpaired) electrons. The van der Waals surface area contributed by atoms with Crippen molar-refractivity contribution in [1.29, 1.82) is 0 Å². The van der Waals surface area contributed by atoms with Crippen LogP contribution in [0.1, 0.15) is 22.8 Å². The number of hydrogen-bond donors (Lipinski definition) is 1. The van der Waals surface area contributed by atoms with E-state index in [4.69, 9.17) is 16.3 Å². The number of hydrogen-bond acceptors (Lipinski definition) is 2. The first kappa shape index (κ1) is 12.4. The minimum atomic E-state index is 0.0333. The first-order chi connectivity index (χ1) is 9.13. The van der Waals surface area contributed by atoms with Gasteiger partial charge in [0.15, 0.2) is 0 Å². The Morgan fingerprint density at radius 1 is 1.16 bits per heavy atom. The van der Waals surface area contributed by atoms with E-state index >= 15 is 0 Å². The SMILES string of the molecule is Cc1cc(C)c2c(c1)OC(c1ccc(Cl)cc1)CN2. The molecular weight excluding hydrogens is 258 g/mol. The lowest BCUT2D eigenvalue weighted by atomic mass is 10.0. The normalized spacial score (nSPS) is 17.3. The molecule has 2 aromatic rings. The minimum Gasteiger partial charge on any atom is -0.482 e. The Hall–Kier alpha value is -1.67. The molecule has 0 saturated heterocycles. The second-order valence-electron chi connectivity index (χ2n) is 4.99. The summed E-state index contributed by atoms with van der Waals surface area (Å²) in [7, 11) is 0. The number of anilines is 1. The quantitative estimate of drug-likeness (QED) is 0.826. The van der Waals surface area contributed by atoms with E-state index in [1.807, 2.05) is 24.3 Å². The highest BCUT2D eigenvalue weighted by Crippen LogP contribution is 2.37. The van der Waals surface area contributed by atoms with Crippen molar-refractivity contribution in [3.63, 3.8) is 0 Å². The number of ether oxygens (including phenoxy) is 1. The number of aryl methyl sites for hydroxylation is 2. The molecule has 3 rings (SSSR count). The predicted octanol–water partition coefficient (Wildman–Crippen LogP) is 4.50. The van der Waals surface area contributed by atoms with E-state index in [0.29, 0.717) is 0 Å². The largest absolute Gasteiger partial charge is 0.482 e. The van der Waals surface area contributed by atoms with Crippen molar-refractivity contribution in [2.75, 3.05) is 11.9 Å². The molecule has 1 unspecified atom stereocenters. The Morgan fingerprint density at radius 2 is 1.89 bits per heavy atom. The molecule has 0 fully saturated rings.